The van der Waals surface area contributed by atoms with Gasteiger partial charge in [0.05, 0.1) is 49.7 Å². The lowest BCUT2D eigenvalue weighted by atomic mass is 10.0. The summed E-state index contributed by atoms with van der Waals surface area (Å²) in [4.78, 5) is 60.5. The van der Waals surface area contributed by atoms with Crippen molar-refractivity contribution < 1.29 is 49.1 Å². The molecule has 16 nitrogen and oxygen atoms in total. The Kier molecular flexibility index (Phi) is 11.0. The number of hydrogen-bond acceptors (Lipinski definition) is 14. The first kappa shape index (κ1) is 40.3. The van der Waals surface area contributed by atoms with Crippen molar-refractivity contribution in [3.63, 3.8) is 0 Å². The van der Waals surface area contributed by atoms with Gasteiger partial charge in [-0.05, 0) is 36.4 Å². The number of ether oxygens (including phenoxy) is 2. The van der Waals surface area contributed by atoms with E-state index in [0.29, 0.717) is 58.2 Å². The van der Waals surface area contributed by atoms with E-state index in [1.807, 2.05) is 0 Å². The average molecular weight is 827 g/mol. The van der Waals surface area contributed by atoms with Gasteiger partial charge in [0.2, 0.25) is 11.2 Å². The molecule has 8 N–H and O–H groups in total. The highest BCUT2D eigenvalue weighted by Crippen LogP contribution is 2.43. The van der Waals surface area contributed by atoms with Gasteiger partial charge in [0.1, 0.15) is 11.5 Å². The molecule has 2 fully saturated rings. The summed E-state index contributed by atoms with van der Waals surface area (Å²) in [5, 5.41) is 40.7. The van der Waals surface area contributed by atoms with Crippen LogP contribution in [0.25, 0.3) is 22.5 Å². The molecule has 2 aromatic heterocycles. The minimum Gasteiger partial charge on any atom is -0.492 e. The smallest absolute Gasteiger partial charge is 0.277 e. The molecule has 18 heteroatoms. The van der Waals surface area contributed by atoms with Gasteiger partial charge in [-0.15, -0.1) is 22.7 Å². The lowest BCUT2D eigenvalue weighted by Gasteiger charge is -2.13. The minimum absolute atomic E-state index is 0.156. The molecule has 0 unspecified atom stereocenters. The Morgan fingerprint density at radius 2 is 1.16 bits per heavy atom. The van der Waals surface area contributed by atoms with E-state index >= 15 is 0 Å². The number of rotatable bonds is 4. The van der Waals surface area contributed by atoms with E-state index < -0.39 is 34.8 Å². The number of likely N-dealkylation sites (N-methyl/N-ethyl adjacent to an activating group) is 2. The number of likely N-dealkylation sites (tertiary alicyclic amines) is 2. The van der Waals surface area contributed by atoms with E-state index in [4.69, 9.17) is 20.9 Å². The number of carbonyl (C=O) groups is 4. The topological polar surface area (TPSA) is 252 Å². The molecule has 8 rings (SSSR count). The van der Waals surface area contributed by atoms with Crippen molar-refractivity contribution in [1.82, 2.24) is 19.8 Å². The van der Waals surface area contributed by atoms with Crippen LogP contribution in [0.4, 0.5) is 0 Å². The molecule has 58 heavy (non-hydrogen) atoms. The number of nitrogens with two attached hydrogens (primary N) is 2. The third-order valence-corrected chi connectivity index (χ3v) is 12.6. The van der Waals surface area contributed by atoms with Crippen molar-refractivity contribution in [1.29, 1.82) is 0 Å². The van der Waals surface area contributed by atoms with E-state index in [1.54, 1.807) is 50.5 Å². The molecular formula is C40H38N6O10S2. The summed E-state index contributed by atoms with van der Waals surface area (Å²) in [6.07, 6.45) is 0.500. The van der Waals surface area contributed by atoms with E-state index in [0.717, 1.165) is 32.4 Å². The molecule has 0 radical (unpaired) electrons. The fourth-order valence-corrected chi connectivity index (χ4v) is 8.76. The summed E-state index contributed by atoms with van der Waals surface area (Å²) in [6, 6.07) is 10.4. The highest BCUT2D eigenvalue weighted by Gasteiger charge is 2.43. The number of nitrogens with zero attached hydrogens (tertiary/aromatic N) is 4. The minimum atomic E-state index is -1.69. The summed E-state index contributed by atoms with van der Waals surface area (Å²) < 4.78 is 11.6. The second kappa shape index (κ2) is 15.8. The quantitative estimate of drug-likeness (QED) is 0.155. The van der Waals surface area contributed by atoms with E-state index in [9.17, 15) is 39.6 Å². The molecule has 4 aromatic rings. The van der Waals surface area contributed by atoms with E-state index in [2.05, 4.69) is 33.6 Å². The molecule has 0 saturated carbocycles. The zero-order chi connectivity index (χ0) is 41.5. The van der Waals surface area contributed by atoms with Crippen molar-refractivity contribution >= 4 is 46.3 Å². The van der Waals surface area contributed by atoms with Crippen LogP contribution in [-0.4, -0.2) is 129 Å². The van der Waals surface area contributed by atoms with Crippen molar-refractivity contribution in [3.8, 4) is 57.7 Å². The molecule has 0 bridgehead atoms. The van der Waals surface area contributed by atoms with Crippen molar-refractivity contribution in [3.05, 3.63) is 67.3 Å². The van der Waals surface area contributed by atoms with Crippen molar-refractivity contribution in [2.75, 3.05) is 53.6 Å². The lowest BCUT2D eigenvalue weighted by Crippen LogP contribution is -2.37. The Balaban J connectivity index is 0.000000177. The zero-order valence-electron chi connectivity index (χ0n) is 31.3. The first-order chi connectivity index (χ1) is 27.6. The first-order valence-corrected chi connectivity index (χ1v) is 19.7. The maximum atomic E-state index is 12.1. The molecule has 4 aliphatic rings. The van der Waals surface area contributed by atoms with Crippen LogP contribution < -0.4 is 20.9 Å². The van der Waals surface area contributed by atoms with Crippen LogP contribution in [-0.2, 0) is 9.59 Å². The second-order valence-corrected chi connectivity index (χ2v) is 16.2. The Morgan fingerprint density at radius 3 is 1.48 bits per heavy atom. The number of aliphatic hydroxyl groups is 4. The second-order valence-electron chi connectivity index (χ2n) is 14.2. The van der Waals surface area contributed by atoms with Crippen molar-refractivity contribution in [2.24, 2.45) is 11.5 Å². The Bertz CT molecular complexity index is 2310. The van der Waals surface area contributed by atoms with Crippen molar-refractivity contribution in [2.45, 2.75) is 35.9 Å². The fraction of sp³-hybridized carbons (Fsp3) is 0.350. The standard InChI is InChI=1S/2C20H19N3O5S/c2*1-23-7-6-20(27,19(23)26)5-4-11-2-3-14-13(8-11)15-16(12(9-24)10-28-14)29-18(22-15)17(21)25/h2*2-3,8,12,24,27H,6-7,9-10H2,1H3,(H2,21,25)/t12-,20+;12-,20-/m10/s1. The number of aliphatic hydroxyl groups excluding tert-OH is 2. The summed E-state index contributed by atoms with van der Waals surface area (Å²) >= 11 is 2.28. The molecule has 4 aliphatic heterocycles. The van der Waals surface area contributed by atoms with Crippen LogP contribution >= 0.6 is 22.7 Å². The van der Waals surface area contributed by atoms with Crippen LogP contribution in [0.5, 0.6) is 11.5 Å². The van der Waals surface area contributed by atoms with Crippen LogP contribution in [0.3, 0.4) is 0 Å². The molecule has 6 heterocycles. The highest BCUT2D eigenvalue weighted by atomic mass is 32.1. The molecule has 2 saturated heterocycles. The maximum absolute atomic E-state index is 12.1. The lowest BCUT2D eigenvalue weighted by molar-refractivity contribution is -0.138. The third kappa shape index (κ3) is 7.61. The van der Waals surface area contributed by atoms with Gasteiger partial charge in [-0.2, -0.15) is 0 Å². The molecular weight excluding hydrogens is 789 g/mol. The van der Waals surface area contributed by atoms with Gasteiger partial charge < -0.3 is 51.2 Å². The van der Waals surface area contributed by atoms with Gasteiger partial charge in [-0.1, -0.05) is 23.7 Å². The molecule has 0 spiro atoms. The number of primary amides is 2. The molecule has 0 aliphatic carbocycles. The van der Waals surface area contributed by atoms with Gasteiger partial charge in [0.15, 0.2) is 10.0 Å². The number of thiazole rings is 2. The zero-order valence-corrected chi connectivity index (χ0v) is 32.9. The van der Waals surface area contributed by atoms with Gasteiger partial charge >= 0.3 is 0 Å². The van der Waals surface area contributed by atoms with Crippen LogP contribution in [0.1, 0.15) is 65.2 Å². The largest absolute Gasteiger partial charge is 0.492 e. The van der Waals surface area contributed by atoms with Gasteiger partial charge in [-0.3, -0.25) is 19.2 Å². The summed E-state index contributed by atoms with van der Waals surface area (Å²) in [5.41, 5.74) is 10.8. The summed E-state index contributed by atoms with van der Waals surface area (Å²) in [5.74, 6) is 9.44. The Labute approximate surface area is 340 Å². The number of benzene rings is 2. The monoisotopic (exact) mass is 826 g/mol. The Hall–Kier alpha value is -5.86. The SMILES string of the molecule is CN1CC[C@@](O)(C#Cc2ccc3c(c2)-c2nc(C(N)=O)sc2[C@@H](CO)CO3)C1=O.CN1CC[C@@](O)(C#Cc2ccc3c(c2)-c2nc(C(N)=O)sc2[C@H](CO)CO3)C1=O. The number of carbonyl (C=O) groups excluding carboxylic acids is 4. The van der Waals surface area contributed by atoms with Crippen LogP contribution in [0, 0.1) is 23.7 Å². The number of fused-ring (bicyclic) bond motifs is 6. The first-order valence-electron chi connectivity index (χ1n) is 18.0. The predicted molar refractivity (Wildman–Crippen MR) is 211 cm³/mol. The molecule has 4 amide bonds. The maximum Gasteiger partial charge on any atom is 0.277 e. The average Bonchev–Trinajstić information content (AvgIpc) is 3.94. The summed E-state index contributed by atoms with van der Waals surface area (Å²) in [7, 11) is 3.25. The van der Waals surface area contributed by atoms with Gasteiger partial charge in [0.25, 0.3) is 23.6 Å². The predicted octanol–water partition coefficient (Wildman–Crippen LogP) is 0.644. The summed E-state index contributed by atoms with van der Waals surface area (Å²) in [6.45, 7) is 1.06. The fourth-order valence-electron chi connectivity index (χ4n) is 6.75. The third-order valence-electron chi connectivity index (χ3n) is 10.1. The highest BCUT2D eigenvalue weighted by molar-refractivity contribution is 7.14. The van der Waals surface area contributed by atoms with Crippen LogP contribution in [0.2, 0.25) is 0 Å². The van der Waals surface area contributed by atoms with E-state index in [1.165, 1.54) is 9.80 Å². The number of hydrogen-bond donors (Lipinski definition) is 6. The van der Waals surface area contributed by atoms with Gasteiger partial charge in [-0.25, -0.2) is 9.97 Å². The number of aromatic nitrogens is 2. The van der Waals surface area contributed by atoms with Gasteiger partial charge in [0, 0.05) is 72.0 Å². The van der Waals surface area contributed by atoms with Crippen LogP contribution in [0.15, 0.2) is 36.4 Å². The number of amides is 4. The Morgan fingerprint density at radius 1 is 0.759 bits per heavy atom. The molecule has 2 aromatic carbocycles. The normalized spacial score (nSPS) is 22.8. The molecule has 300 valence electrons. The van der Waals surface area contributed by atoms with E-state index in [-0.39, 0.29) is 61.1 Å². The molecule has 4 atom stereocenters.